The summed E-state index contributed by atoms with van der Waals surface area (Å²) in [6, 6.07) is 17.5. The van der Waals surface area contributed by atoms with Gasteiger partial charge >= 0.3 is 6.18 Å². The molecule has 1 aliphatic rings. The standard InChI is InChI=1S/C25H19ClF3NO4S/c26-19-4-8-21(9-5-19)34-22-10-6-20(7-11-22)30-23(15-17(24(30)31)12-13-35(32)33)16-2-1-3-18(14-16)25(27,28)29/h1-11,13-14,17,23H,12,15H2/t17-,23-/m1/s1. The summed E-state index contributed by atoms with van der Waals surface area (Å²) < 4.78 is 67.7. The molecule has 0 spiro atoms. The summed E-state index contributed by atoms with van der Waals surface area (Å²) in [4.78, 5) is 14.7. The highest BCUT2D eigenvalue weighted by Crippen LogP contribution is 2.42. The largest absolute Gasteiger partial charge is 0.457 e. The van der Waals surface area contributed by atoms with Crippen LogP contribution < -0.4 is 9.64 Å². The number of amides is 1. The van der Waals surface area contributed by atoms with Crippen LogP contribution in [0.25, 0.3) is 0 Å². The van der Waals surface area contributed by atoms with Crippen molar-refractivity contribution in [3.63, 3.8) is 0 Å². The van der Waals surface area contributed by atoms with Gasteiger partial charge in [-0.25, -0.2) is 0 Å². The second kappa shape index (κ2) is 10.1. The van der Waals surface area contributed by atoms with Crippen molar-refractivity contribution in [1.29, 1.82) is 0 Å². The molecule has 10 heteroatoms. The number of hydrogen-bond donors (Lipinski definition) is 0. The molecule has 5 nitrogen and oxygen atoms in total. The molecule has 1 fully saturated rings. The van der Waals surface area contributed by atoms with Crippen molar-refractivity contribution in [3.8, 4) is 11.5 Å². The number of anilines is 1. The number of carbonyl (C=O) groups is 1. The molecule has 2 atom stereocenters. The quantitative estimate of drug-likeness (QED) is 0.356. The van der Waals surface area contributed by atoms with Crippen LogP contribution in [0.15, 0.2) is 72.8 Å². The number of nitrogens with zero attached hydrogens (tertiary/aromatic N) is 1. The Morgan fingerprint density at radius 3 is 2.23 bits per heavy atom. The lowest BCUT2D eigenvalue weighted by Gasteiger charge is -2.26. The predicted octanol–water partition coefficient (Wildman–Crippen LogP) is 6.32. The Kier molecular flexibility index (Phi) is 7.18. The molecule has 0 bridgehead atoms. The first kappa shape index (κ1) is 24.8. The normalized spacial score (nSPS) is 17.9. The highest BCUT2D eigenvalue weighted by atomic mass is 35.5. The van der Waals surface area contributed by atoms with Crippen molar-refractivity contribution in [2.24, 2.45) is 5.92 Å². The van der Waals surface area contributed by atoms with Gasteiger partial charge in [0.1, 0.15) is 11.5 Å². The van der Waals surface area contributed by atoms with Crippen molar-refractivity contribution in [1.82, 2.24) is 0 Å². The maximum absolute atomic E-state index is 13.3. The lowest BCUT2D eigenvalue weighted by Crippen LogP contribution is -2.29. The molecule has 3 aromatic rings. The molecule has 0 aromatic heterocycles. The number of rotatable bonds is 6. The van der Waals surface area contributed by atoms with Crippen molar-refractivity contribution in [3.05, 3.63) is 88.9 Å². The average Bonchev–Trinajstić information content (AvgIpc) is 3.15. The Labute approximate surface area is 206 Å². The van der Waals surface area contributed by atoms with Gasteiger partial charge in [0.05, 0.1) is 11.6 Å². The molecule has 1 saturated heterocycles. The molecule has 4 rings (SSSR count). The first-order valence-electron chi connectivity index (χ1n) is 10.6. The maximum Gasteiger partial charge on any atom is 0.416 e. The fraction of sp³-hybridized carbons (Fsp3) is 0.200. The summed E-state index contributed by atoms with van der Waals surface area (Å²) in [5, 5.41) is 1.56. The van der Waals surface area contributed by atoms with Gasteiger partial charge in [0.2, 0.25) is 16.2 Å². The second-order valence-electron chi connectivity index (χ2n) is 7.99. The third-order valence-corrected chi connectivity index (χ3v) is 6.40. The molecule has 1 aliphatic heterocycles. The topological polar surface area (TPSA) is 63.7 Å². The van der Waals surface area contributed by atoms with E-state index in [4.69, 9.17) is 16.3 Å². The van der Waals surface area contributed by atoms with E-state index in [9.17, 15) is 26.4 Å². The fourth-order valence-corrected chi connectivity index (χ4v) is 4.56. The summed E-state index contributed by atoms with van der Waals surface area (Å²) >= 11 is 5.88. The zero-order chi connectivity index (χ0) is 25.2. The van der Waals surface area contributed by atoms with E-state index in [2.05, 4.69) is 0 Å². The molecule has 0 N–H and O–H groups in total. The summed E-state index contributed by atoms with van der Waals surface area (Å²) in [6.07, 6.45) is -4.38. The van der Waals surface area contributed by atoms with Crippen molar-refractivity contribution < 1.29 is 31.1 Å². The van der Waals surface area contributed by atoms with Crippen molar-refractivity contribution in [2.45, 2.75) is 25.1 Å². The van der Waals surface area contributed by atoms with Gasteiger partial charge in [0, 0.05) is 22.0 Å². The molecular weight excluding hydrogens is 503 g/mol. The monoisotopic (exact) mass is 521 g/mol. The number of alkyl halides is 3. The van der Waals surface area contributed by atoms with E-state index in [-0.39, 0.29) is 18.7 Å². The van der Waals surface area contributed by atoms with Crippen LogP contribution in [0.3, 0.4) is 0 Å². The van der Waals surface area contributed by atoms with Crippen LogP contribution >= 0.6 is 11.6 Å². The molecule has 3 aromatic carbocycles. The maximum atomic E-state index is 13.3. The zero-order valence-corrected chi connectivity index (χ0v) is 19.6. The number of benzene rings is 3. The van der Waals surface area contributed by atoms with Crippen molar-refractivity contribution in [2.75, 3.05) is 4.90 Å². The minimum absolute atomic E-state index is 0.0291. The molecule has 1 heterocycles. The van der Waals surface area contributed by atoms with Crippen LogP contribution in [0.5, 0.6) is 11.5 Å². The van der Waals surface area contributed by atoms with Crippen molar-refractivity contribution >= 4 is 38.9 Å². The van der Waals surface area contributed by atoms with E-state index >= 15 is 0 Å². The Morgan fingerprint density at radius 1 is 1.00 bits per heavy atom. The number of ether oxygens (including phenoxy) is 1. The Balaban J connectivity index is 1.65. The summed E-state index contributed by atoms with van der Waals surface area (Å²) in [5.41, 5.74) is -0.0307. The van der Waals surface area contributed by atoms with E-state index in [1.54, 1.807) is 48.5 Å². The van der Waals surface area contributed by atoms with Gasteiger partial charge in [-0.15, -0.1) is 0 Å². The van der Waals surface area contributed by atoms with Gasteiger partial charge in [-0.1, -0.05) is 23.7 Å². The smallest absolute Gasteiger partial charge is 0.416 e. The van der Waals surface area contributed by atoms with Crippen LogP contribution in [0, 0.1) is 5.92 Å². The van der Waals surface area contributed by atoms with E-state index in [0.29, 0.717) is 27.8 Å². The first-order chi connectivity index (χ1) is 16.6. The molecule has 0 radical (unpaired) electrons. The van der Waals surface area contributed by atoms with E-state index < -0.39 is 34.0 Å². The van der Waals surface area contributed by atoms with E-state index in [0.717, 1.165) is 17.5 Å². The zero-order valence-electron chi connectivity index (χ0n) is 18.1. The molecular formula is C25H19ClF3NO4S. The Morgan fingerprint density at radius 2 is 1.63 bits per heavy atom. The molecule has 0 saturated carbocycles. The van der Waals surface area contributed by atoms with Gasteiger partial charge < -0.3 is 9.64 Å². The summed E-state index contributed by atoms with van der Waals surface area (Å²) in [6.45, 7) is 0. The average molecular weight is 522 g/mol. The fourth-order valence-electron chi connectivity index (χ4n) is 4.05. The lowest BCUT2D eigenvalue weighted by atomic mass is 9.96. The molecule has 0 aliphatic carbocycles. The lowest BCUT2D eigenvalue weighted by molar-refractivity contribution is -0.137. The number of hydrogen-bond acceptors (Lipinski definition) is 4. The van der Waals surface area contributed by atoms with Gasteiger partial charge in [-0.05, 0) is 79.1 Å². The Hall–Kier alpha value is -3.30. The first-order valence-corrected chi connectivity index (χ1v) is 12.1. The second-order valence-corrected chi connectivity index (χ2v) is 9.28. The van der Waals surface area contributed by atoms with Crippen LogP contribution in [0.2, 0.25) is 5.02 Å². The molecule has 182 valence electrons. The van der Waals surface area contributed by atoms with E-state index in [1.807, 2.05) is 0 Å². The van der Waals surface area contributed by atoms with Crippen LogP contribution in [-0.2, 0) is 21.3 Å². The van der Waals surface area contributed by atoms with Gasteiger partial charge in [-0.2, -0.15) is 21.6 Å². The minimum Gasteiger partial charge on any atom is -0.457 e. The highest BCUT2D eigenvalue weighted by Gasteiger charge is 2.41. The van der Waals surface area contributed by atoms with Crippen LogP contribution in [0.4, 0.5) is 18.9 Å². The van der Waals surface area contributed by atoms with Crippen LogP contribution in [0.1, 0.15) is 30.0 Å². The van der Waals surface area contributed by atoms with Crippen LogP contribution in [-0.4, -0.2) is 19.7 Å². The third kappa shape index (κ3) is 5.86. The number of halogens is 4. The molecule has 35 heavy (non-hydrogen) atoms. The summed E-state index contributed by atoms with van der Waals surface area (Å²) in [5.74, 6) is 0.00495. The van der Waals surface area contributed by atoms with Gasteiger partial charge in [-0.3, -0.25) is 4.79 Å². The molecule has 0 unspecified atom stereocenters. The highest BCUT2D eigenvalue weighted by molar-refractivity contribution is 7.71. The van der Waals surface area contributed by atoms with E-state index in [1.165, 1.54) is 17.0 Å². The predicted molar refractivity (Wildman–Crippen MR) is 127 cm³/mol. The Bertz CT molecular complexity index is 1350. The third-order valence-electron chi connectivity index (χ3n) is 5.69. The van der Waals surface area contributed by atoms with Gasteiger partial charge in [0.15, 0.2) is 0 Å². The molecule has 1 amide bonds. The summed E-state index contributed by atoms with van der Waals surface area (Å²) in [7, 11) is -2.45. The SMILES string of the molecule is O=C1[C@H](CC=S(=O)=O)C[C@H](c2cccc(C(F)(F)F)c2)N1c1ccc(Oc2ccc(Cl)cc2)cc1. The number of carbonyl (C=O) groups excluding carboxylic acids is 1. The van der Waals surface area contributed by atoms with Gasteiger partial charge in [0.25, 0.3) is 0 Å². The minimum atomic E-state index is -4.53.